The first-order chi connectivity index (χ1) is 24.3. The largest absolute Gasteiger partial charge is 0.454 e. The number of hydrogen-bond donors (Lipinski definition) is 0. The van der Waals surface area contributed by atoms with Crippen LogP contribution in [0.3, 0.4) is 0 Å². The van der Waals surface area contributed by atoms with Gasteiger partial charge in [0.05, 0.1) is 0 Å². The first kappa shape index (κ1) is 27.4. The molecule has 0 fully saturated rings. The third-order valence-corrected chi connectivity index (χ3v) is 9.32. The first-order valence-electron chi connectivity index (χ1n) is 16.3. The molecular weight excluding hydrogens is 601 g/mol. The Hall–Kier alpha value is -6.72. The summed E-state index contributed by atoms with van der Waals surface area (Å²) < 4.78 is 6.79. The zero-order valence-corrected chi connectivity index (χ0v) is 26.2. The van der Waals surface area contributed by atoms with Gasteiger partial charge in [0, 0.05) is 39.2 Å². The molecule has 0 unspecified atom stereocenters. The van der Waals surface area contributed by atoms with E-state index in [0.29, 0.717) is 23.1 Å². The van der Waals surface area contributed by atoms with Crippen LogP contribution in [0, 0.1) is 0 Å². The summed E-state index contributed by atoms with van der Waals surface area (Å²) in [6.45, 7) is 0. The fraction of sp³-hybridized carbons (Fsp3) is 0. The van der Waals surface area contributed by atoms with E-state index in [9.17, 15) is 0 Å². The molecule has 0 radical (unpaired) electrons. The quantitative estimate of drug-likeness (QED) is 0.182. The predicted octanol–water partition coefficient (Wildman–Crippen LogP) is 11.3. The van der Waals surface area contributed by atoms with Crippen molar-refractivity contribution < 1.29 is 4.42 Å². The second-order valence-corrected chi connectivity index (χ2v) is 12.3. The maximum Gasteiger partial charge on any atom is 0.166 e. The molecule has 0 spiro atoms. The van der Waals surface area contributed by atoms with Crippen molar-refractivity contribution in [1.82, 2.24) is 19.9 Å². The van der Waals surface area contributed by atoms with Crippen molar-refractivity contribution in [2.24, 2.45) is 0 Å². The maximum atomic E-state index is 6.79. The number of furan rings is 1. The number of rotatable bonds is 4. The van der Waals surface area contributed by atoms with E-state index in [1.54, 1.807) is 0 Å². The average molecular weight is 627 g/mol. The smallest absolute Gasteiger partial charge is 0.166 e. The molecule has 0 saturated carbocycles. The molecule has 0 saturated heterocycles. The minimum absolute atomic E-state index is 0.539. The highest BCUT2D eigenvalue weighted by molar-refractivity contribution is 6.18. The monoisotopic (exact) mass is 626 g/mol. The van der Waals surface area contributed by atoms with Gasteiger partial charge in [-0.05, 0) is 50.5 Å². The van der Waals surface area contributed by atoms with Crippen molar-refractivity contribution >= 4 is 54.3 Å². The van der Waals surface area contributed by atoms with Crippen LogP contribution in [-0.4, -0.2) is 19.9 Å². The van der Waals surface area contributed by atoms with Gasteiger partial charge in [-0.3, -0.25) is 4.98 Å². The Labute approximate surface area is 281 Å². The van der Waals surface area contributed by atoms with Gasteiger partial charge in [-0.25, -0.2) is 15.0 Å². The van der Waals surface area contributed by atoms with Crippen LogP contribution in [0.1, 0.15) is 0 Å². The summed E-state index contributed by atoms with van der Waals surface area (Å²) in [5.41, 5.74) is 5.86. The summed E-state index contributed by atoms with van der Waals surface area (Å²) in [5, 5.41) is 8.96. The zero-order valence-electron chi connectivity index (χ0n) is 26.2. The van der Waals surface area contributed by atoms with E-state index >= 15 is 0 Å². The minimum Gasteiger partial charge on any atom is -0.454 e. The van der Waals surface area contributed by atoms with E-state index in [4.69, 9.17) is 24.4 Å². The highest BCUT2D eigenvalue weighted by atomic mass is 16.3. The summed E-state index contributed by atoms with van der Waals surface area (Å²) in [5.74, 6) is 1.74. The predicted molar refractivity (Wildman–Crippen MR) is 199 cm³/mol. The maximum absolute atomic E-state index is 6.79. The molecule has 10 rings (SSSR count). The Morgan fingerprint density at radius 3 is 1.73 bits per heavy atom. The van der Waals surface area contributed by atoms with Gasteiger partial charge in [-0.2, -0.15) is 0 Å². The molecule has 0 aliphatic heterocycles. The van der Waals surface area contributed by atoms with Gasteiger partial charge in [0.1, 0.15) is 11.3 Å². The Morgan fingerprint density at radius 1 is 0.408 bits per heavy atom. The van der Waals surface area contributed by atoms with E-state index in [0.717, 1.165) is 60.5 Å². The fourth-order valence-electron chi connectivity index (χ4n) is 6.93. The van der Waals surface area contributed by atoms with Gasteiger partial charge in [0.25, 0.3) is 0 Å². The third-order valence-electron chi connectivity index (χ3n) is 9.32. The number of pyridine rings is 1. The average Bonchev–Trinajstić information content (AvgIpc) is 3.55. The summed E-state index contributed by atoms with van der Waals surface area (Å²) in [6.07, 6.45) is 1.89. The van der Waals surface area contributed by atoms with Gasteiger partial charge >= 0.3 is 0 Å². The molecular formula is C44H26N4O. The lowest BCUT2D eigenvalue weighted by atomic mass is 9.97. The zero-order chi connectivity index (χ0) is 32.3. The van der Waals surface area contributed by atoms with Gasteiger partial charge in [0.15, 0.2) is 23.1 Å². The molecule has 3 aromatic heterocycles. The van der Waals surface area contributed by atoms with Crippen LogP contribution in [0.25, 0.3) is 99.7 Å². The second kappa shape index (κ2) is 10.9. The molecule has 228 valence electrons. The molecule has 5 nitrogen and oxygen atoms in total. The highest BCUT2D eigenvalue weighted by Gasteiger charge is 2.22. The van der Waals surface area contributed by atoms with Crippen molar-refractivity contribution in [1.29, 1.82) is 0 Å². The summed E-state index contributed by atoms with van der Waals surface area (Å²) in [6, 6.07) is 52.1. The van der Waals surface area contributed by atoms with Crippen molar-refractivity contribution in [3.05, 3.63) is 158 Å². The van der Waals surface area contributed by atoms with Gasteiger partial charge in [-0.15, -0.1) is 0 Å². The summed E-state index contributed by atoms with van der Waals surface area (Å²) >= 11 is 0. The molecule has 0 bridgehead atoms. The molecule has 10 aromatic rings. The lowest BCUT2D eigenvalue weighted by Crippen LogP contribution is -2.01. The van der Waals surface area contributed by atoms with Gasteiger partial charge in [-0.1, -0.05) is 133 Å². The van der Waals surface area contributed by atoms with Crippen molar-refractivity contribution in [2.75, 3.05) is 0 Å². The van der Waals surface area contributed by atoms with Crippen LogP contribution in [0.2, 0.25) is 0 Å². The lowest BCUT2D eigenvalue weighted by molar-refractivity contribution is 0.669. The number of benzene rings is 7. The third kappa shape index (κ3) is 4.55. The normalized spacial score (nSPS) is 11.7. The van der Waals surface area contributed by atoms with Gasteiger partial charge in [0.2, 0.25) is 0 Å². The second-order valence-electron chi connectivity index (χ2n) is 12.3. The number of fused-ring (bicyclic) bond motifs is 7. The van der Waals surface area contributed by atoms with E-state index in [2.05, 4.69) is 91.0 Å². The summed E-state index contributed by atoms with van der Waals surface area (Å²) in [7, 11) is 0. The SMILES string of the molecule is c1ccc(-c2nc(-c3ccccc3)nc(-c3cnc(-c4ccc5c(ccc6ccccc65)c4)c4oc5cc6ccccc6cc5c34)n2)cc1. The van der Waals surface area contributed by atoms with E-state index in [1.165, 1.54) is 16.2 Å². The van der Waals surface area contributed by atoms with Crippen LogP contribution >= 0.6 is 0 Å². The Balaban J connectivity index is 1.26. The van der Waals surface area contributed by atoms with Crippen molar-refractivity contribution in [2.45, 2.75) is 0 Å². The van der Waals surface area contributed by atoms with E-state index in [1.807, 2.05) is 66.9 Å². The number of hydrogen-bond acceptors (Lipinski definition) is 5. The molecule has 3 heterocycles. The Kier molecular flexibility index (Phi) is 6.11. The molecule has 5 heteroatoms. The van der Waals surface area contributed by atoms with E-state index < -0.39 is 0 Å². The molecule has 0 atom stereocenters. The van der Waals surface area contributed by atoms with Gasteiger partial charge < -0.3 is 4.42 Å². The van der Waals surface area contributed by atoms with Crippen LogP contribution in [0.5, 0.6) is 0 Å². The first-order valence-corrected chi connectivity index (χ1v) is 16.3. The molecule has 0 aliphatic rings. The standard InChI is InChI=1S/C44H26N4O/c1-3-12-28(13-4-1)42-46-43(29-14-5-2-6-15-29)48-44(47-42)37-26-45-40(33-21-22-35-32(23-33)20-19-27-11-9-10-18-34(27)35)41-39(37)36-24-30-16-7-8-17-31(30)25-38(36)49-41/h1-26H. The molecule has 49 heavy (non-hydrogen) atoms. The number of nitrogens with zero attached hydrogens (tertiary/aromatic N) is 4. The van der Waals surface area contributed by atoms with Crippen LogP contribution in [0.15, 0.2) is 162 Å². The fourth-order valence-corrected chi connectivity index (χ4v) is 6.93. The Morgan fingerprint density at radius 2 is 1.00 bits per heavy atom. The number of aromatic nitrogens is 4. The highest BCUT2D eigenvalue weighted by Crippen LogP contribution is 2.42. The lowest BCUT2D eigenvalue weighted by Gasteiger charge is -2.11. The van der Waals surface area contributed by atoms with Crippen LogP contribution < -0.4 is 0 Å². The molecule has 0 aliphatic carbocycles. The molecule has 0 N–H and O–H groups in total. The summed E-state index contributed by atoms with van der Waals surface area (Å²) in [4.78, 5) is 20.2. The van der Waals surface area contributed by atoms with Crippen molar-refractivity contribution in [3.63, 3.8) is 0 Å². The van der Waals surface area contributed by atoms with E-state index in [-0.39, 0.29) is 0 Å². The molecule has 0 amide bonds. The van der Waals surface area contributed by atoms with Crippen LogP contribution in [0.4, 0.5) is 0 Å². The topological polar surface area (TPSA) is 64.7 Å². The Bertz CT molecular complexity index is 2820. The van der Waals surface area contributed by atoms with Crippen molar-refractivity contribution in [3.8, 4) is 45.4 Å². The minimum atomic E-state index is 0.539. The van der Waals surface area contributed by atoms with Crippen LogP contribution in [-0.2, 0) is 0 Å². The molecule has 7 aromatic carbocycles.